The maximum Gasteiger partial charge on any atom is 0.332 e. The van der Waals surface area contributed by atoms with Crippen LogP contribution in [0.2, 0.25) is 0 Å². The number of carbonyl (C=O) groups is 2. The van der Waals surface area contributed by atoms with Gasteiger partial charge in [-0.1, -0.05) is 46.8 Å². The lowest BCUT2D eigenvalue weighted by atomic mass is 9.82. The molecular formula is C33H40N4O3S. The third kappa shape index (κ3) is 6.36. The van der Waals surface area contributed by atoms with Crippen LogP contribution in [0, 0.1) is 17.2 Å². The van der Waals surface area contributed by atoms with Crippen LogP contribution < -0.4 is 0 Å². The predicted octanol–water partition coefficient (Wildman–Crippen LogP) is 7.20. The molecule has 2 aromatic heterocycles. The first-order valence-electron chi connectivity index (χ1n) is 14.1. The van der Waals surface area contributed by atoms with E-state index >= 15 is 0 Å². The predicted molar refractivity (Wildman–Crippen MR) is 161 cm³/mol. The van der Waals surface area contributed by atoms with Crippen molar-refractivity contribution in [1.29, 1.82) is 5.26 Å². The molecule has 1 fully saturated rings. The minimum absolute atomic E-state index is 0.0686. The van der Waals surface area contributed by atoms with Crippen LogP contribution in [-0.2, 0) is 14.9 Å². The number of esters is 1. The minimum Gasteiger partial charge on any atom is -0.458 e. The molecule has 3 atom stereocenters. The first-order valence-corrected chi connectivity index (χ1v) is 15.0. The fraction of sp³-hybridized carbons (Fsp3) is 0.485. The van der Waals surface area contributed by atoms with Crippen LogP contribution in [0.15, 0.2) is 54.3 Å². The van der Waals surface area contributed by atoms with Gasteiger partial charge in [0.25, 0.3) is 5.91 Å². The lowest BCUT2D eigenvalue weighted by Crippen LogP contribution is -2.56. The lowest BCUT2D eigenvalue weighted by molar-refractivity contribution is -0.168. The van der Waals surface area contributed by atoms with E-state index in [4.69, 9.17) is 4.74 Å². The van der Waals surface area contributed by atoms with E-state index in [-0.39, 0.29) is 23.2 Å². The van der Waals surface area contributed by atoms with E-state index in [0.29, 0.717) is 29.7 Å². The van der Waals surface area contributed by atoms with Gasteiger partial charge in [0, 0.05) is 34.4 Å². The van der Waals surface area contributed by atoms with E-state index in [1.54, 1.807) is 34.9 Å². The number of hydrogen-bond acceptors (Lipinski definition) is 7. The highest BCUT2D eigenvalue weighted by molar-refractivity contribution is 7.09. The molecule has 0 saturated carbocycles. The summed E-state index contributed by atoms with van der Waals surface area (Å²) in [7, 11) is 0. The van der Waals surface area contributed by atoms with Crippen molar-refractivity contribution in [2.24, 2.45) is 5.92 Å². The van der Waals surface area contributed by atoms with Gasteiger partial charge in [0.1, 0.15) is 11.1 Å². The highest BCUT2D eigenvalue weighted by Crippen LogP contribution is 2.55. The molecule has 3 heterocycles. The van der Waals surface area contributed by atoms with Crippen molar-refractivity contribution in [3.63, 3.8) is 0 Å². The number of ether oxygens (including phenoxy) is 1. The molecule has 0 N–H and O–H groups in total. The third-order valence-corrected chi connectivity index (χ3v) is 8.30. The van der Waals surface area contributed by atoms with Crippen molar-refractivity contribution in [2.45, 2.75) is 96.7 Å². The number of hydrogen-bond donors (Lipinski definition) is 0. The summed E-state index contributed by atoms with van der Waals surface area (Å²) in [5.41, 5.74) is 2.42. The summed E-state index contributed by atoms with van der Waals surface area (Å²) in [6, 6.07) is 12.8. The Morgan fingerprint density at radius 3 is 2.37 bits per heavy atom. The molecule has 4 rings (SSSR count). The SMILES string of the molecule is CC(C)C[C@@]1(C(=O)OC(C)(C)C)C[C@H](c2cc(C#N)ccn2)[C@H](c2cncs2)N1C(=O)c1ccc(C(C)(C)C)cc1. The summed E-state index contributed by atoms with van der Waals surface area (Å²) >= 11 is 1.45. The highest BCUT2D eigenvalue weighted by Gasteiger charge is 2.61. The van der Waals surface area contributed by atoms with Crippen LogP contribution >= 0.6 is 11.3 Å². The second kappa shape index (κ2) is 11.4. The molecule has 0 unspecified atom stereocenters. The normalized spacial score (nSPS) is 21.1. The number of likely N-dealkylation sites (tertiary alicyclic amines) is 1. The van der Waals surface area contributed by atoms with E-state index in [9.17, 15) is 14.9 Å². The molecule has 1 saturated heterocycles. The molecule has 8 heteroatoms. The van der Waals surface area contributed by atoms with Gasteiger partial charge in [-0.2, -0.15) is 5.26 Å². The van der Waals surface area contributed by atoms with Crippen LogP contribution in [0.5, 0.6) is 0 Å². The molecule has 1 aromatic carbocycles. The standard InChI is InChI=1S/C33H40N4O3S/c1-21(2)16-33(30(39)40-32(6,7)8)17-25(26-15-22(18-34)13-14-36-26)28(27-19-35-20-41-27)37(33)29(38)23-9-11-24(12-10-23)31(3,4)5/h9-15,19-21,25,28H,16-17H2,1-8H3/t25-,28-,33+/m1/s1. The van der Waals surface area contributed by atoms with Crippen molar-refractivity contribution in [2.75, 3.05) is 0 Å². The van der Waals surface area contributed by atoms with Gasteiger partial charge < -0.3 is 9.64 Å². The molecule has 0 radical (unpaired) electrons. The van der Waals surface area contributed by atoms with E-state index < -0.39 is 23.2 Å². The number of nitriles is 1. The number of pyridine rings is 1. The number of thiazole rings is 1. The zero-order valence-corrected chi connectivity index (χ0v) is 26.1. The minimum atomic E-state index is -1.26. The first kappa shape index (κ1) is 30.4. The Hall–Kier alpha value is -3.57. The third-order valence-electron chi connectivity index (χ3n) is 7.45. The van der Waals surface area contributed by atoms with Crippen LogP contribution in [0.25, 0.3) is 0 Å². The molecule has 1 aliphatic rings. The molecule has 1 aliphatic heterocycles. The van der Waals surface area contributed by atoms with Crippen LogP contribution in [0.1, 0.15) is 112 Å². The van der Waals surface area contributed by atoms with Gasteiger partial charge >= 0.3 is 5.97 Å². The highest BCUT2D eigenvalue weighted by atomic mass is 32.1. The second-order valence-corrected chi connectivity index (χ2v) is 14.3. The van der Waals surface area contributed by atoms with Crippen LogP contribution in [0.3, 0.4) is 0 Å². The van der Waals surface area contributed by atoms with Crippen LogP contribution in [-0.4, -0.2) is 37.9 Å². The number of carbonyl (C=O) groups excluding carboxylic acids is 2. The van der Waals surface area contributed by atoms with Gasteiger partial charge in [0.2, 0.25) is 0 Å². The average molecular weight is 573 g/mol. The summed E-state index contributed by atoms with van der Waals surface area (Å²) < 4.78 is 6.08. The number of aromatic nitrogens is 2. The summed E-state index contributed by atoms with van der Waals surface area (Å²) in [6.07, 6.45) is 4.11. The Bertz CT molecular complexity index is 1430. The smallest absolute Gasteiger partial charge is 0.332 e. The first-order chi connectivity index (χ1) is 19.2. The molecule has 0 aliphatic carbocycles. The average Bonchev–Trinajstić information content (AvgIpc) is 3.53. The molecular weight excluding hydrogens is 532 g/mol. The Balaban J connectivity index is 1.96. The quantitative estimate of drug-likeness (QED) is 0.290. The molecule has 3 aromatic rings. The Morgan fingerprint density at radius 2 is 1.83 bits per heavy atom. The number of benzene rings is 1. The van der Waals surface area contributed by atoms with E-state index in [1.165, 1.54) is 11.3 Å². The van der Waals surface area contributed by atoms with Gasteiger partial charge in [-0.25, -0.2) is 4.79 Å². The van der Waals surface area contributed by atoms with Crippen molar-refractivity contribution in [3.8, 4) is 6.07 Å². The van der Waals surface area contributed by atoms with E-state index in [2.05, 4.69) is 50.7 Å². The Labute approximate surface area is 247 Å². The molecule has 0 bridgehead atoms. The monoisotopic (exact) mass is 572 g/mol. The maximum atomic E-state index is 14.7. The van der Waals surface area contributed by atoms with E-state index in [1.807, 2.05) is 45.0 Å². The fourth-order valence-corrected chi connectivity index (χ4v) is 6.55. The van der Waals surface area contributed by atoms with E-state index in [0.717, 1.165) is 10.4 Å². The zero-order valence-electron chi connectivity index (χ0n) is 25.3. The zero-order chi connectivity index (χ0) is 30.2. The fourth-order valence-electron chi connectivity index (χ4n) is 5.77. The molecule has 216 valence electrons. The summed E-state index contributed by atoms with van der Waals surface area (Å²) in [5, 5.41) is 9.64. The summed E-state index contributed by atoms with van der Waals surface area (Å²) in [5.74, 6) is -0.936. The van der Waals surface area contributed by atoms with Gasteiger partial charge in [0.05, 0.1) is 23.2 Å². The summed E-state index contributed by atoms with van der Waals surface area (Å²) in [4.78, 5) is 40.7. The molecule has 1 amide bonds. The van der Waals surface area contributed by atoms with Gasteiger partial charge in [0.15, 0.2) is 0 Å². The van der Waals surface area contributed by atoms with Crippen molar-refractivity contribution in [1.82, 2.24) is 14.9 Å². The van der Waals surface area contributed by atoms with Crippen LogP contribution in [0.4, 0.5) is 0 Å². The van der Waals surface area contributed by atoms with Gasteiger partial charge in [-0.05, 0) is 74.8 Å². The van der Waals surface area contributed by atoms with Gasteiger partial charge in [-0.3, -0.25) is 14.8 Å². The molecule has 7 nitrogen and oxygen atoms in total. The second-order valence-electron chi connectivity index (χ2n) is 13.4. The van der Waals surface area contributed by atoms with Gasteiger partial charge in [-0.15, -0.1) is 11.3 Å². The number of rotatable bonds is 6. The Kier molecular flexibility index (Phi) is 8.42. The topological polar surface area (TPSA) is 96.2 Å². The van der Waals surface area contributed by atoms with Crippen molar-refractivity contribution >= 4 is 23.2 Å². The largest absolute Gasteiger partial charge is 0.458 e. The van der Waals surface area contributed by atoms with Crippen molar-refractivity contribution in [3.05, 3.63) is 81.6 Å². The summed E-state index contributed by atoms with van der Waals surface area (Å²) in [6.45, 7) is 16.0. The maximum absolute atomic E-state index is 14.7. The molecule has 0 spiro atoms. The lowest BCUT2D eigenvalue weighted by Gasteiger charge is -2.41. The number of amides is 1. The molecule has 41 heavy (non-hydrogen) atoms. The van der Waals surface area contributed by atoms with Crippen molar-refractivity contribution < 1.29 is 14.3 Å². The number of nitrogens with zero attached hydrogens (tertiary/aromatic N) is 4. The Morgan fingerprint density at radius 1 is 1.15 bits per heavy atom.